The lowest BCUT2D eigenvalue weighted by atomic mass is 9.93. The van der Waals surface area contributed by atoms with Gasteiger partial charge in [-0.2, -0.15) is 0 Å². The number of morpholine rings is 1. The van der Waals surface area contributed by atoms with Crippen molar-refractivity contribution in [2.75, 3.05) is 24.7 Å². The third-order valence-corrected chi connectivity index (χ3v) is 7.17. The van der Waals surface area contributed by atoms with Crippen molar-refractivity contribution < 1.29 is 18.7 Å². The minimum Gasteiger partial charge on any atom is -0.378 e. The van der Waals surface area contributed by atoms with Crippen LogP contribution in [0, 0.1) is 12.7 Å². The Labute approximate surface area is 200 Å². The van der Waals surface area contributed by atoms with Crippen LogP contribution in [-0.4, -0.2) is 50.1 Å². The van der Waals surface area contributed by atoms with Crippen molar-refractivity contribution in [3.05, 3.63) is 65.5 Å². The zero-order chi connectivity index (χ0) is 23.5. The summed E-state index contributed by atoms with van der Waals surface area (Å²) in [7, 11) is 0. The summed E-state index contributed by atoms with van der Waals surface area (Å²) < 4.78 is 26.2. The molecular formula is C27H34FN3O3. The number of hydrogen-bond acceptors (Lipinski definition) is 5. The number of hydrogen-bond donors (Lipinski definition) is 2. The normalized spacial score (nSPS) is 26.1. The van der Waals surface area contributed by atoms with E-state index in [0.717, 1.165) is 24.0 Å². The molecule has 182 valence electrons. The van der Waals surface area contributed by atoms with E-state index in [9.17, 15) is 9.18 Å². The largest absolute Gasteiger partial charge is 0.378 e. The second-order valence-corrected chi connectivity index (χ2v) is 9.59. The molecule has 0 aromatic heterocycles. The van der Waals surface area contributed by atoms with Gasteiger partial charge >= 0.3 is 0 Å². The molecule has 2 aliphatic heterocycles. The van der Waals surface area contributed by atoms with Gasteiger partial charge in [0.15, 0.2) is 0 Å². The quantitative estimate of drug-likeness (QED) is 0.606. The summed E-state index contributed by atoms with van der Waals surface area (Å²) in [6.45, 7) is 3.52. The molecule has 0 radical (unpaired) electrons. The standard InChI is InChI=1S/C27H34FN3O3/c1-18-8-5-6-13-22(18)24(25-26(34-25)30-20-10-3-2-4-11-20)31(21-12-7-9-19(28)16-21)27(32)23-17-33-15-14-29-23/h5-9,12-13,16,20,23-26,29-30H,2-4,10-11,14-15,17H2,1H3/t23-,24-,25?,26?/m0/s1. The molecule has 4 atom stereocenters. The Bertz CT molecular complexity index is 991. The lowest BCUT2D eigenvalue weighted by Crippen LogP contribution is -2.54. The van der Waals surface area contributed by atoms with Gasteiger partial charge in [0.1, 0.15) is 24.2 Å². The van der Waals surface area contributed by atoms with Crippen molar-refractivity contribution in [1.82, 2.24) is 10.6 Å². The maximum atomic E-state index is 14.4. The Balaban J connectivity index is 1.50. The van der Waals surface area contributed by atoms with Gasteiger partial charge in [-0.05, 0) is 49.1 Å². The molecule has 2 aromatic carbocycles. The van der Waals surface area contributed by atoms with E-state index < -0.39 is 6.04 Å². The first-order valence-electron chi connectivity index (χ1n) is 12.5. The van der Waals surface area contributed by atoms with Crippen LogP contribution < -0.4 is 15.5 Å². The molecule has 1 amide bonds. The van der Waals surface area contributed by atoms with Crippen LogP contribution in [0.1, 0.15) is 49.3 Å². The fourth-order valence-electron chi connectivity index (χ4n) is 5.32. The summed E-state index contributed by atoms with van der Waals surface area (Å²) in [5.74, 6) is -0.509. The third kappa shape index (κ3) is 5.18. The maximum Gasteiger partial charge on any atom is 0.247 e. The first-order valence-corrected chi connectivity index (χ1v) is 12.5. The lowest BCUT2D eigenvalue weighted by molar-refractivity contribution is -0.124. The number of rotatable bonds is 7. The predicted octanol–water partition coefficient (Wildman–Crippen LogP) is 3.84. The van der Waals surface area contributed by atoms with E-state index in [1.165, 1.54) is 31.4 Å². The van der Waals surface area contributed by atoms with Gasteiger partial charge in [0, 0.05) is 18.3 Å². The van der Waals surface area contributed by atoms with Gasteiger partial charge in [0.25, 0.3) is 0 Å². The minimum absolute atomic E-state index is 0.132. The topological polar surface area (TPSA) is 66.1 Å². The average Bonchev–Trinajstić information content (AvgIpc) is 3.62. The zero-order valence-electron chi connectivity index (χ0n) is 19.7. The number of amides is 1. The number of aryl methyl sites for hydroxylation is 1. The van der Waals surface area contributed by atoms with Crippen LogP contribution in [0.15, 0.2) is 48.5 Å². The molecule has 3 fully saturated rings. The number of nitrogens with one attached hydrogen (secondary N) is 2. The van der Waals surface area contributed by atoms with Crippen molar-refractivity contribution in [2.24, 2.45) is 0 Å². The lowest BCUT2D eigenvalue weighted by Gasteiger charge is -2.36. The van der Waals surface area contributed by atoms with E-state index in [-0.39, 0.29) is 30.1 Å². The van der Waals surface area contributed by atoms with Crippen molar-refractivity contribution in [2.45, 2.75) is 69.5 Å². The van der Waals surface area contributed by atoms with Crippen LogP contribution in [-0.2, 0) is 14.3 Å². The predicted molar refractivity (Wildman–Crippen MR) is 129 cm³/mol. The second-order valence-electron chi connectivity index (χ2n) is 9.59. The highest BCUT2D eigenvalue weighted by atomic mass is 19.1. The fraction of sp³-hybridized carbons (Fsp3) is 0.519. The third-order valence-electron chi connectivity index (χ3n) is 7.17. The highest BCUT2D eigenvalue weighted by Crippen LogP contribution is 2.42. The van der Waals surface area contributed by atoms with Crippen LogP contribution in [0.2, 0.25) is 0 Å². The van der Waals surface area contributed by atoms with Crippen molar-refractivity contribution >= 4 is 11.6 Å². The summed E-state index contributed by atoms with van der Waals surface area (Å²) in [4.78, 5) is 15.7. The number of nitrogens with zero attached hydrogens (tertiary/aromatic N) is 1. The number of epoxide rings is 1. The van der Waals surface area contributed by atoms with Crippen molar-refractivity contribution in [3.63, 3.8) is 0 Å². The first-order chi connectivity index (χ1) is 16.6. The van der Waals surface area contributed by atoms with Gasteiger partial charge in [-0.15, -0.1) is 0 Å². The van der Waals surface area contributed by atoms with Gasteiger partial charge in [0.2, 0.25) is 5.91 Å². The summed E-state index contributed by atoms with van der Waals surface area (Å²) in [6.07, 6.45) is 5.70. The molecule has 0 spiro atoms. The molecule has 1 saturated carbocycles. The Morgan fingerprint density at radius 2 is 1.97 bits per heavy atom. The fourth-order valence-corrected chi connectivity index (χ4v) is 5.32. The van der Waals surface area contributed by atoms with E-state index in [1.807, 2.05) is 31.2 Å². The number of benzene rings is 2. The van der Waals surface area contributed by atoms with E-state index in [2.05, 4.69) is 10.6 Å². The molecule has 2 unspecified atom stereocenters. The second kappa shape index (κ2) is 10.5. The number of carbonyl (C=O) groups is 1. The molecule has 2 aromatic rings. The Kier molecular flexibility index (Phi) is 7.25. The number of halogens is 1. The summed E-state index contributed by atoms with van der Waals surface area (Å²) in [5.41, 5.74) is 2.61. The summed E-state index contributed by atoms with van der Waals surface area (Å²) in [5, 5.41) is 6.95. The molecule has 3 aliphatic rings. The maximum absolute atomic E-state index is 14.4. The van der Waals surface area contributed by atoms with Crippen LogP contribution >= 0.6 is 0 Å². The van der Waals surface area contributed by atoms with E-state index >= 15 is 0 Å². The van der Waals surface area contributed by atoms with E-state index in [1.54, 1.807) is 17.0 Å². The van der Waals surface area contributed by atoms with Gasteiger partial charge in [-0.25, -0.2) is 4.39 Å². The van der Waals surface area contributed by atoms with E-state index in [4.69, 9.17) is 9.47 Å². The Morgan fingerprint density at radius 1 is 1.15 bits per heavy atom. The zero-order valence-corrected chi connectivity index (χ0v) is 19.7. The van der Waals surface area contributed by atoms with Crippen molar-refractivity contribution in [1.29, 1.82) is 0 Å². The molecule has 2 saturated heterocycles. The monoisotopic (exact) mass is 467 g/mol. The molecule has 5 rings (SSSR count). The SMILES string of the molecule is Cc1ccccc1[C@@H](C1OC1NC1CCCCC1)N(C(=O)[C@@H]1COCCN1)c1cccc(F)c1. The molecule has 6 nitrogen and oxygen atoms in total. The van der Waals surface area contributed by atoms with Crippen LogP contribution in [0.5, 0.6) is 0 Å². The summed E-state index contributed by atoms with van der Waals surface area (Å²) in [6, 6.07) is 13.9. The van der Waals surface area contributed by atoms with Crippen LogP contribution in [0.3, 0.4) is 0 Å². The molecule has 7 heteroatoms. The van der Waals surface area contributed by atoms with Gasteiger partial charge in [-0.1, -0.05) is 49.6 Å². The van der Waals surface area contributed by atoms with Crippen LogP contribution in [0.4, 0.5) is 10.1 Å². The van der Waals surface area contributed by atoms with E-state index in [0.29, 0.717) is 31.5 Å². The average molecular weight is 468 g/mol. The summed E-state index contributed by atoms with van der Waals surface area (Å²) >= 11 is 0. The molecule has 0 bridgehead atoms. The molecule has 2 N–H and O–H groups in total. The first kappa shape index (κ1) is 23.4. The number of ether oxygens (including phenoxy) is 2. The Hall–Kier alpha value is -2.32. The van der Waals surface area contributed by atoms with Gasteiger partial charge in [-0.3, -0.25) is 10.1 Å². The van der Waals surface area contributed by atoms with Crippen molar-refractivity contribution in [3.8, 4) is 0 Å². The molecular weight excluding hydrogens is 433 g/mol. The van der Waals surface area contributed by atoms with Gasteiger partial charge in [0.05, 0.1) is 19.3 Å². The molecule has 1 aliphatic carbocycles. The highest BCUT2D eigenvalue weighted by Gasteiger charge is 2.51. The molecule has 34 heavy (non-hydrogen) atoms. The number of anilines is 1. The minimum atomic E-state index is -0.493. The highest BCUT2D eigenvalue weighted by molar-refractivity contribution is 5.98. The molecule has 2 heterocycles. The van der Waals surface area contributed by atoms with Gasteiger partial charge < -0.3 is 19.7 Å². The smallest absolute Gasteiger partial charge is 0.247 e. The number of carbonyl (C=O) groups excluding carboxylic acids is 1. The Morgan fingerprint density at radius 3 is 2.71 bits per heavy atom. The van der Waals surface area contributed by atoms with Crippen LogP contribution in [0.25, 0.3) is 0 Å².